The molecule has 1 heterocycles. The van der Waals surface area contributed by atoms with E-state index in [9.17, 15) is 0 Å². The summed E-state index contributed by atoms with van der Waals surface area (Å²) >= 11 is 6.21. The molecule has 1 aliphatic rings. The van der Waals surface area contributed by atoms with E-state index in [-0.39, 0.29) is 6.10 Å². The summed E-state index contributed by atoms with van der Waals surface area (Å²) in [6.45, 7) is 4.82. The number of hydrogen-bond acceptors (Lipinski definition) is 3. The first-order chi connectivity index (χ1) is 8.26. The fourth-order valence-corrected chi connectivity index (χ4v) is 2.59. The van der Waals surface area contributed by atoms with Crippen molar-refractivity contribution in [3.05, 3.63) is 22.2 Å². The molecule has 0 aromatic carbocycles. The lowest BCUT2D eigenvalue weighted by Crippen LogP contribution is -2.11. The fourth-order valence-electron chi connectivity index (χ4n) is 2.30. The molecule has 1 aliphatic carbocycles. The van der Waals surface area contributed by atoms with E-state index in [4.69, 9.17) is 16.3 Å². The molecule has 1 aromatic rings. The van der Waals surface area contributed by atoms with Gasteiger partial charge in [-0.3, -0.25) is 0 Å². The topological polar surface area (TPSA) is 35.0 Å². The van der Waals surface area contributed by atoms with Crippen LogP contribution in [-0.2, 0) is 17.6 Å². The SMILES string of the molecule is CCCC(OCC)c1nc(Cl)c2c(n1)CCC2. The highest BCUT2D eigenvalue weighted by molar-refractivity contribution is 6.30. The van der Waals surface area contributed by atoms with E-state index >= 15 is 0 Å². The molecule has 0 spiro atoms. The fraction of sp³-hybridized carbons (Fsp3) is 0.692. The van der Waals surface area contributed by atoms with Crippen LogP contribution in [0, 0.1) is 0 Å². The van der Waals surface area contributed by atoms with E-state index < -0.39 is 0 Å². The van der Waals surface area contributed by atoms with Crippen molar-refractivity contribution in [2.45, 2.75) is 52.1 Å². The number of aromatic nitrogens is 2. The van der Waals surface area contributed by atoms with Gasteiger partial charge in [0, 0.05) is 17.9 Å². The second kappa shape index (κ2) is 5.78. The number of rotatable bonds is 5. The van der Waals surface area contributed by atoms with Gasteiger partial charge in [-0.2, -0.15) is 0 Å². The predicted molar refractivity (Wildman–Crippen MR) is 68.3 cm³/mol. The van der Waals surface area contributed by atoms with Crippen LogP contribution in [0.5, 0.6) is 0 Å². The molecule has 4 heteroatoms. The molecule has 94 valence electrons. The molecule has 1 unspecified atom stereocenters. The molecule has 0 N–H and O–H groups in total. The van der Waals surface area contributed by atoms with Crippen molar-refractivity contribution in [2.24, 2.45) is 0 Å². The number of nitrogens with zero attached hydrogens (tertiary/aromatic N) is 2. The molecule has 0 saturated heterocycles. The minimum atomic E-state index is -0.00611. The van der Waals surface area contributed by atoms with Crippen LogP contribution in [0.1, 0.15) is 56.3 Å². The Morgan fingerprint density at radius 2 is 2.12 bits per heavy atom. The van der Waals surface area contributed by atoms with Crippen LogP contribution in [0.2, 0.25) is 5.15 Å². The average Bonchev–Trinajstić information content (AvgIpc) is 2.77. The Morgan fingerprint density at radius 3 is 2.82 bits per heavy atom. The summed E-state index contributed by atoms with van der Waals surface area (Å²) in [4.78, 5) is 9.04. The predicted octanol–water partition coefficient (Wildman–Crippen LogP) is 3.50. The number of ether oxygens (including phenoxy) is 1. The third-order valence-electron chi connectivity index (χ3n) is 3.11. The molecule has 0 amide bonds. The quantitative estimate of drug-likeness (QED) is 0.755. The Bertz CT molecular complexity index is 389. The highest BCUT2D eigenvalue weighted by atomic mass is 35.5. The second-order valence-electron chi connectivity index (χ2n) is 4.38. The molecule has 0 fully saturated rings. The molecule has 0 saturated carbocycles. The molecule has 1 atom stereocenters. The summed E-state index contributed by atoms with van der Waals surface area (Å²) < 4.78 is 5.70. The van der Waals surface area contributed by atoms with Gasteiger partial charge in [-0.15, -0.1) is 0 Å². The number of fused-ring (bicyclic) bond motifs is 1. The molecule has 1 aromatic heterocycles. The van der Waals surface area contributed by atoms with Crippen molar-refractivity contribution in [2.75, 3.05) is 6.61 Å². The Hall–Kier alpha value is -0.670. The Kier molecular flexibility index (Phi) is 4.35. The lowest BCUT2D eigenvalue weighted by Gasteiger charge is -2.16. The Balaban J connectivity index is 2.27. The Morgan fingerprint density at radius 1 is 1.29 bits per heavy atom. The lowest BCUT2D eigenvalue weighted by atomic mass is 10.2. The van der Waals surface area contributed by atoms with E-state index in [1.165, 1.54) is 0 Å². The first-order valence-corrected chi connectivity index (χ1v) is 6.80. The number of halogens is 1. The smallest absolute Gasteiger partial charge is 0.159 e. The molecular weight excluding hydrogens is 236 g/mol. The minimum Gasteiger partial charge on any atom is -0.371 e. The van der Waals surface area contributed by atoms with Crippen molar-refractivity contribution >= 4 is 11.6 Å². The van der Waals surface area contributed by atoms with E-state index in [0.29, 0.717) is 11.8 Å². The van der Waals surface area contributed by atoms with E-state index in [1.807, 2.05) is 6.92 Å². The van der Waals surface area contributed by atoms with Crippen LogP contribution in [0.3, 0.4) is 0 Å². The molecule has 2 rings (SSSR count). The number of aryl methyl sites for hydroxylation is 1. The lowest BCUT2D eigenvalue weighted by molar-refractivity contribution is 0.0492. The maximum atomic E-state index is 6.21. The summed E-state index contributed by atoms with van der Waals surface area (Å²) in [7, 11) is 0. The van der Waals surface area contributed by atoms with Crippen molar-refractivity contribution in [1.82, 2.24) is 9.97 Å². The van der Waals surface area contributed by atoms with Gasteiger partial charge in [0.1, 0.15) is 11.3 Å². The first-order valence-electron chi connectivity index (χ1n) is 6.43. The van der Waals surface area contributed by atoms with Gasteiger partial charge in [-0.1, -0.05) is 24.9 Å². The zero-order valence-electron chi connectivity index (χ0n) is 10.5. The highest BCUT2D eigenvalue weighted by Crippen LogP contribution is 2.29. The van der Waals surface area contributed by atoms with Crippen molar-refractivity contribution < 1.29 is 4.74 Å². The summed E-state index contributed by atoms with van der Waals surface area (Å²) in [6, 6.07) is 0. The van der Waals surface area contributed by atoms with Crippen molar-refractivity contribution in [3.8, 4) is 0 Å². The summed E-state index contributed by atoms with van der Waals surface area (Å²) in [5, 5.41) is 0.628. The standard InChI is InChI=1S/C13H19ClN2O/c1-3-6-11(17-4-2)13-15-10-8-5-7-9(10)12(14)16-13/h11H,3-8H2,1-2H3. The van der Waals surface area contributed by atoms with E-state index in [1.54, 1.807) is 0 Å². The summed E-state index contributed by atoms with van der Waals surface area (Å²) in [5.41, 5.74) is 2.27. The third-order valence-corrected chi connectivity index (χ3v) is 3.42. The average molecular weight is 255 g/mol. The molecule has 0 aliphatic heterocycles. The molecule has 0 radical (unpaired) electrons. The zero-order valence-corrected chi connectivity index (χ0v) is 11.3. The maximum absolute atomic E-state index is 6.21. The zero-order chi connectivity index (χ0) is 12.3. The van der Waals surface area contributed by atoms with Gasteiger partial charge in [-0.25, -0.2) is 9.97 Å². The van der Waals surface area contributed by atoms with Crippen LogP contribution in [0.15, 0.2) is 0 Å². The Labute approximate surface area is 108 Å². The van der Waals surface area contributed by atoms with Crippen LogP contribution in [0.25, 0.3) is 0 Å². The monoisotopic (exact) mass is 254 g/mol. The molecule has 3 nitrogen and oxygen atoms in total. The highest BCUT2D eigenvalue weighted by Gasteiger charge is 2.22. The maximum Gasteiger partial charge on any atom is 0.159 e. The molecule has 17 heavy (non-hydrogen) atoms. The second-order valence-corrected chi connectivity index (χ2v) is 4.74. The van der Waals surface area contributed by atoms with Crippen molar-refractivity contribution in [1.29, 1.82) is 0 Å². The normalized spacial score (nSPS) is 15.9. The summed E-state index contributed by atoms with van der Waals surface area (Å²) in [5.74, 6) is 0.763. The largest absolute Gasteiger partial charge is 0.371 e. The minimum absolute atomic E-state index is 0.00611. The molecular formula is C13H19ClN2O. The molecule has 0 bridgehead atoms. The van der Waals surface area contributed by atoms with E-state index in [2.05, 4.69) is 16.9 Å². The van der Waals surface area contributed by atoms with Gasteiger partial charge in [0.05, 0.1) is 0 Å². The van der Waals surface area contributed by atoms with Gasteiger partial charge in [0.2, 0.25) is 0 Å². The first kappa shape index (κ1) is 12.8. The number of hydrogen-bond donors (Lipinski definition) is 0. The van der Waals surface area contributed by atoms with E-state index in [0.717, 1.165) is 49.2 Å². The van der Waals surface area contributed by atoms with Crippen LogP contribution in [0.4, 0.5) is 0 Å². The summed E-state index contributed by atoms with van der Waals surface area (Å²) in [6.07, 6.45) is 5.18. The van der Waals surface area contributed by atoms with Crippen LogP contribution >= 0.6 is 11.6 Å². The van der Waals surface area contributed by atoms with Crippen LogP contribution < -0.4 is 0 Å². The van der Waals surface area contributed by atoms with Crippen LogP contribution in [-0.4, -0.2) is 16.6 Å². The van der Waals surface area contributed by atoms with Gasteiger partial charge >= 0.3 is 0 Å². The van der Waals surface area contributed by atoms with Gasteiger partial charge in [-0.05, 0) is 32.6 Å². The van der Waals surface area contributed by atoms with Gasteiger partial charge in [0.25, 0.3) is 0 Å². The van der Waals surface area contributed by atoms with Gasteiger partial charge < -0.3 is 4.74 Å². The van der Waals surface area contributed by atoms with Crippen molar-refractivity contribution in [3.63, 3.8) is 0 Å². The third kappa shape index (κ3) is 2.78. The van der Waals surface area contributed by atoms with Gasteiger partial charge in [0.15, 0.2) is 5.82 Å².